The van der Waals surface area contributed by atoms with E-state index in [4.69, 9.17) is 9.47 Å². The van der Waals surface area contributed by atoms with Gasteiger partial charge in [-0.3, -0.25) is 4.79 Å². The van der Waals surface area contributed by atoms with Gasteiger partial charge in [-0.05, 0) is 37.3 Å². The average Bonchev–Trinajstić information content (AvgIpc) is 2.97. The molecule has 40 heavy (non-hydrogen) atoms. The Balaban J connectivity index is 1.63. The Morgan fingerprint density at radius 3 is 1.93 bits per heavy atom. The average molecular weight is 553 g/mol. The van der Waals surface area contributed by atoms with Gasteiger partial charge >= 0.3 is 6.09 Å². The van der Waals surface area contributed by atoms with Crippen LogP contribution in [-0.2, 0) is 27.5 Å². The number of amides is 2. The maximum Gasteiger partial charge on any atom is 0.407 e. The van der Waals surface area contributed by atoms with E-state index in [-0.39, 0.29) is 24.7 Å². The maximum atomic E-state index is 12.8. The highest BCUT2D eigenvalue weighted by molar-refractivity contribution is 5.76. The molecule has 0 aliphatic heterocycles. The Morgan fingerprint density at radius 2 is 1.30 bits per heavy atom. The molecule has 0 spiro atoms. The van der Waals surface area contributed by atoms with E-state index in [1.165, 1.54) is 51.4 Å². The molecule has 6 heteroatoms. The lowest BCUT2D eigenvalue weighted by molar-refractivity contribution is -0.125. The summed E-state index contributed by atoms with van der Waals surface area (Å²) in [7, 11) is 0. The summed E-state index contributed by atoms with van der Waals surface area (Å²) in [6.07, 6.45) is 13.8. The molecule has 2 N–H and O–H groups in total. The van der Waals surface area contributed by atoms with Gasteiger partial charge in [0.2, 0.25) is 5.91 Å². The van der Waals surface area contributed by atoms with E-state index in [2.05, 4.69) is 29.7 Å². The van der Waals surface area contributed by atoms with Gasteiger partial charge in [0.1, 0.15) is 6.61 Å². The Morgan fingerprint density at radius 1 is 0.725 bits per heavy atom. The van der Waals surface area contributed by atoms with Crippen molar-refractivity contribution in [3.63, 3.8) is 0 Å². The first kappa shape index (κ1) is 33.3. The Hall–Kier alpha value is -2.86. The molecule has 0 heterocycles. The van der Waals surface area contributed by atoms with E-state index < -0.39 is 6.09 Å². The summed E-state index contributed by atoms with van der Waals surface area (Å²) in [5, 5.41) is 5.90. The van der Waals surface area contributed by atoms with Gasteiger partial charge in [-0.1, -0.05) is 125 Å². The number of unbranched alkanes of at least 4 members (excludes halogenated alkanes) is 8. The zero-order valence-corrected chi connectivity index (χ0v) is 24.9. The van der Waals surface area contributed by atoms with E-state index in [0.717, 1.165) is 36.8 Å². The predicted octanol–water partition coefficient (Wildman–Crippen LogP) is 8.09. The highest BCUT2D eigenvalue weighted by Crippen LogP contribution is 2.16. The van der Waals surface area contributed by atoms with Crippen molar-refractivity contribution < 1.29 is 19.1 Å². The molecule has 2 aromatic carbocycles. The number of ether oxygens (including phenoxy) is 2. The molecule has 0 saturated heterocycles. The fourth-order valence-corrected chi connectivity index (χ4v) is 4.70. The van der Waals surface area contributed by atoms with Gasteiger partial charge in [0.05, 0.1) is 19.1 Å². The fourth-order valence-electron chi connectivity index (χ4n) is 4.70. The topological polar surface area (TPSA) is 76.7 Å². The minimum Gasteiger partial charge on any atom is -0.445 e. The standard InChI is InChI=1S/C34H52N2O4/c1-3-4-5-6-7-8-9-10-17-24-32(39-27-30-20-13-11-14-21-30)26-33(37)36-29(2)19-18-25-35-34(38)40-28-31-22-15-12-16-23-31/h11-16,20-23,29,32H,3-10,17-19,24-28H2,1-2H3,(H,35,38)(H,36,37)/t29-,32-/m1/s1. The van der Waals surface area contributed by atoms with Crippen molar-refractivity contribution >= 4 is 12.0 Å². The molecule has 2 amide bonds. The van der Waals surface area contributed by atoms with Crippen LogP contribution < -0.4 is 10.6 Å². The molecule has 2 rings (SSSR count). The van der Waals surface area contributed by atoms with Crippen molar-refractivity contribution in [1.82, 2.24) is 10.6 Å². The Labute approximate surface area is 242 Å². The molecule has 222 valence electrons. The highest BCUT2D eigenvalue weighted by atomic mass is 16.5. The second kappa shape index (κ2) is 21.9. The van der Waals surface area contributed by atoms with Crippen LogP contribution in [-0.4, -0.2) is 30.7 Å². The molecule has 0 bridgehead atoms. The number of alkyl carbamates (subject to hydrolysis) is 1. The smallest absolute Gasteiger partial charge is 0.407 e. The predicted molar refractivity (Wildman–Crippen MR) is 163 cm³/mol. The molecule has 6 nitrogen and oxygen atoms in total. The molecule has 0 fully saturated rings. The van der Waals surface area contributed by atoms with Gasteiger partial charge in [-0.25, -0.2) is 4.79 Å². The molecule has 0 aromatic heterocycles. The van der Waals surface area contributed by atoms with Crippen molar-refractivity contribution in [2.45, 2.75) is 123 Å². The number of hydrogen-bond donors (Lipinski definition) is 2. The highest BCUT2D eigenvalue weighted by Gasteiger charge is 2.16. The zero-order chi connectivity index (χ0) is 28.7. The molecule has 2 atom stereocenters. The van der Waals surface area contributed by atoms with Crippen molar-refractivity contribution in [2.24, 2.45) is 0 Å². The van der Waals surface area contributed by atoms with Crippen LogP contribution in [0.5, 0.6) is 0 Å². The minimum atomic E-state index is -0.421. The molecular formula is C34H52N2O4. The van der Waals surface area contributed by atoms with Gasteiger partial charge in [-0.15, -0.1) is 0 Å². The third kappa shape index (κ3) is 17.0. The SMILES string of the molecule is CCCCCCCCCCC[C@H](CC(=O)N[C@H](C)CCCNC(=O)OCc1ccccc1)OCc1ccccc1. The van der Waals surface area contributed by atoms with E-state index >= 15 is 0 Å². The summed E-state index contributed by atoms with van der Waals surface area (Å²) in [5.74, 6) is 0.0247. The van der Waals surface area contributed by atoms with Crippen LogP contribution in [0.25, 0.3) is 0 Å². The summed E-state index contributed by atoms with van der Waals surface area (Å²) < 4.78 is 11.4. The largest absolute Gasteiger partial charge is 0.445 e. The summed E-state index contributed by atoms with van der Waals surface area (Å²) in [6, 6.07) is 19.8. The van der Waals surface area contributed by atoms with E-state index in [0.29, 0.717) is 19.6 Å². The fraction of sp³-hybridized carbons (Fsp3) is 0.588. The number of benzene rings is 2. The number of carbonyl (C=O) groups is 2. The van der Waals surface area contributed by atoms with Crippen molar-refractivity contribution in [1.29, 1.82) is 0 Å². The lowest BCUT2D eigenvalue weighted by Crippen LogP contribution is -2.36. The third-order valence-electron chi connectivity index (χ3n) is 7.07. The number of rotatable bonds is 22. The number of hydrogen-bond acceptors (Lipinski definition) is 4. The van der Waals surface area contributed by atoms with Crippen LogP contribution in [0.1, 0.15) is 108 Å². The van der Waals surface area contributed by atoms with Crippen LogP contribution in [0.2, 0.25) is 0 Å². The van der Waals surface area contributed by atoms with Crippen molar-refractivity contribution in [2.75, 3.05) is 6.54 Å². The molecule has 0 saturated carbocycles. The first-order chi connectivity index (χ1) is 19.6. The molecule has 0 radical (unpaired) electrons. The summed E-state index contributed by atoms with van der Waals surface area (Å²) in [5.41, 5.74) is 2.08. The number of carbonyl (C=O) groups excluding carboxylic acids is 2. The Kier molecular flexibility index (Phi) is 18.3. The van der Waals surface area contributed by atoms with Crippen LogP contribution in [0.4, 0.5) is 4.79 Å². The zero-order valence-electron chi connectivity index (χ0n) is 24.9. The molecule has 0 aliphatic rings. The van der Waals surface area contributed by atoms with Crippen LogP contribution in [0.15, 0.2) is 60.7 Å². The first-order valence-corrected chi connectivity index (χ1v) is 15.5. The van der Waals surface area contributed by atoms with E-state index in [1.54, 1.807) is 0 Å². The molecule has 2 aromatic rings. The van der Waals surface area contributed by atoms with Crippen molar-refractivity contribution in [3.8, 4) is 0 Å². The second-order valence-corrected chi connectivity index (χ2v) is 10.8. The monoisotopic (exact) mass is 552 g/mol. The van der Waals surface area contributed by atoms with Crippen LogP contribution in [0.3, 0.4) is 0 Å². The first-order valence-electron chi connectivity index (χ1n) is 15.5. The quantitative estimate of drug-likeness (QED) is 0.145. The third-order valence-corrected chi connectivity index (χ3v) is 7.07. The summed E-state index contributed by atoms with van der Waals surface area (Å²) >= 11 is 0. The summed E-state index contributed by atoms with van der Waals surface area (Å²) in [4.78, 5) is 24.7. The van der Waals surface area contributed by atoms with Gasteiger partial charge in [0, 0.05) is 12.6 Å². The lowest BCUT2D eigenvalue weighted by atomic mass is 10.0. The van der Waals surface area contributed by atoms with Gasteiger partial charge in [0.15, 0.2) is 0 Å². The van der Waals surface area contributed by atoms with Crippen LogP contribution >= 0.6 is 0 Å². The van der Waals surface area contributed by atoms with E-state index in [9.17, 15) is 9.59 Å². The Bertz CT molecular complexity index is 907. The molecular weight excluding hydrogens is 500 g/mol. The molecule has 0 aliphatic carbocycles. The normalized spacial score (nSPS) is 12.4. The van der Waals surface area contributed by atoms with Gasteiger partial charge < -0.3 is 20.1 Å². The van der Waals surface area contributed by atoms with Gasteiger partial charge in [-0.2, -0.15) is 0 Å². The second-order valence-electron chi connectivity index (χ2n) is 10.8. The number of nitrogens with one attached hydrogen (secondary N) is 2. The van der Waals surface area contributed by atoms with E-state index in [1.807, 2.05) is 55.5 Å². The van der Waals surface area contributed by atoms with Gasteiger partial charge in [0.25, 0.3) is 0 Å². The molecule has 0 unspecified atom stereocenters. The van der Waals surface area contributed by atoms with Crippen LogP contribution in [0, 0.1) is 0 Å². The minimum absolute atomic E-state index is 0.0247. The maximum absolute atomic E-state index is 12.8. The summed E-state index contributed by atoms with van der Waals surface area (Å²) in [6.45, 7) is 5.55. The van der Waals surface area contributed by atoms with Crippen molar-refractivity contribution in [3.05, 3.63) is 71.8 Å². The lowest BCUT2D eigenvalue weighted by Gasteiger charge is -2.20.